The van der Waals surface area contributed by atoms with Gasteiger partial charge in [-0.15, -0.1) is 5.10 Å². The van der Waals surface area contributed by atoms with Gasteiger partial charge >= 0.3 is 6.18 Å². The Balaban J connectivity index is 1.44. The average Bonchev–Trinajstić information content (AvgIpc) is 3.05. The highest BCUT2D eigenvalue weighted by Crippen LogP contribution is 2.30. The number of hydrogen-bond acceptors (Lipinski definition) is 4. The Morgan fingerprint density at radius 3 is 2.81 bits per heavy atom. The van der Waals surface area contributed by atoms with Gasteiger partial charge in [-0.1, -0.05) is 18.2 Å². The SMILES string of the molecule is Cc1nnnn1CCCN1CCCC(CCc2cccc(C(F)(F)F)c2)C1. The van der Waals surface area contributed by atoms with Crippen molar-refractivity contribution in [2.45, 2.75) is 51.7 Å². The first-order chi connectivity index (χ1) is 12.9. The van der Waals surface area contributed by atoms with Crippen molar-refractivity contribution in [2.24, 2.45) is 5.92 Å². The van der Waals surface area contributed by atoms with Gasteiger partial charge in [0.1, 0.15) is 5.82 Å². The first-order valence-corrected chi connectivity index (χ1v) is 9.53. The summed E-state index contributed by atoms with van der Waals surface area (Å²) in [6, 6.07) is 5.73. The molecule has 0 saturated carbocycles. The average molecular weight is 381 g/mol. The van der Waals surface area contributed by atoms with Crippen LogP contribution in [0.15, 0.2) is 24.3 Å². The summed E-state index contributed by atoms with van der Waals surface area (Å²) in [6.45, 7) is 5.82. The van der Waals surface area contributed by atoms with Crippen LogP contribution in [0.25, 0.3) is 0 Å². The summed E-state index contributed by atoms with van der Waals surface area (Å²) in [4.78, 5) is 2.46. The summed E-state index contributed by atoms with van der Waals surface area (Å²) in [7, 11) is 0. The molecule has 0 N–H and O–H groups in total. The number of hydrogen-bond donors (Lipinski definition) is 0. The molecule has 0 amide bonds. The number of halogens is 3. The van der Waals surface area contributed by atoms with Crippen LogP contribution >= 0.6 is 0 Å². The molecule has 0 aliphatic carbocycles. The van der Waals surface area contributed by atoms with Crippen LogP contribution in [-0.4, -0.2) is 44.7 Å². The molecule has 2 heterocycles. The van der Waals surface area contributed by atoms with Crippen molar-refractivity contribution in [1.29, 1.82) is 0 Å². The molecule has 1 saturated heterocycles. The zero-order valence-electron chi connectivity index (χ0n) is 15.6. The summed E-state index contributed by atoms with van der Waals surface area (Å²) >= 11 is 0. The van der Waals surface area contributed by atoms with Crippen LogP contribution in [0.1, 0.15) is 42.6 Å². The van der Waals surface area contributed by atoms with Crippen molar-refractivity contribution < 1.29 is 13.2 Å². The van der Waals surface area contributed by atoms with Crippen LogP contribution < -0.4 is 0 Å². The molecule has 1 atom stereocenters. The minimum atomic E-state index is -4.27. The molecule has 1 aliphatic rings. The van der Waals surface area contributed by atoms with Gasteiger partial charge in [0, 0.05) is 13.1 Å². The normalized spacial score (nSPS) is 18.7. The summed E-state index contributed by atoms with van der Waals surface area (Å²) in [6.07, 6.45) is 0.663. The number of aryl methyl sites for hydroxylation is 3. The quantitative estimate of drug-likeness (QED) is 0.733. The third kappa shape index (κ3) is 5.76. The molecule has 2 aromatic rings. The van der Waals surface area contributed by atoms with Crippen molar-refractivity contribution in [3.63, 3.8) is 0 Å². The van der Waals surface area contributed by atoms with Gasteiger partial charge in [0.25, 0.3) is 0 Å². The van der Waals surface area contributed by atoms with E-state index < -0.39 is 11.7 Å². The molecular formula is C19H26F3N5. The minimum absolute atomic E-state index is 0.545. The third-order valence-corrected chi connectivity index (χ3v) is 5.25. The second-order valence-electron chi connectivity index (χ2n) is 7.35. The molecule has 148 valence electrons. The predicted octanol–water partition coefficient (Wildman–Crippen LogP) is 3.74. The van der Waals surface area contributed by atoms with E-state index in [-0.39, 0.29) is 0 Å². The second-order valence-corrected chi connectivity index (χ2v) is 7.35. The Kier molecular flexibility index (Phi) is 6.46. The van der Waals surface area contributed by atoms with Crippen LogP contribution in [0.4, 0.5) is 13.2 Å². The van der Waals surface area contributed by atoms with E-state index in [1.54, 1.807) is 6.07 Å². The van der Waals surface area contributed by atoms with Crippen molar-refractivity contribution in [1.82, 2.24) is 25.1 Å². The number of benzene rings is 1. The Hall–Kier alpha value is -1.96. The topological polar surface area (TPSA) is 46.8 Å². The lowest BCUT2D eigenvalue weighted by Crippen LogP contribution is -2.36. The van der Waals surface area contributed by atoms with Gasteiger partial charge in [-0.3, -0.25) is 0 Å². The van der Waals surface area contributed by atoms with E-state index in [4.69, 9.17) is 0 Å². The maximum absolute atomic E-state index is 12.8. The molecule has 27 heavy (non-hydrogen) atoms. The molecule has 0 bridgehead atoms. The second kappa shape index (κ2) is 8.82. The molecule has 3 rings (SSSR count). The summed E-state index contributed by atoms with van der Waals surface area (Å²) in [5, 5.41) is 11.5. The number of tetrazole rings is 1. The molecule has 5 nitrogen and oxygen atoms in total. The molecule has 0 spiro atoms. The lowest BCUT2D eigenvalue weighted by molar-refractivity contribution is -0.137. The van der Waals surface area contributed by atoms with E-state index >= 15 is 0 Å². The van der Waals surface area contributed by atoms with Crippen molar-refractivity contribution in [3.8, 4) is 0 Å². The summed E-state index contributed by atoms with van der Waals surface area (Å²) in [5.41, 5.74) is 0.222. The summed E-state index contributed by atoms with van der Waals surface area (Å²) in [5.74, 6) is 1.37. The van der Waals surface area contributed by atoms with Crippen LogP contribution in [0.3, 0.4) is 0 Å². The first-order valence-electron chi connectivity index (χ1n) is 9.53. The molecule has 0 radical (unpaired) electrons. The van der Waals surface area contributed by atoms with E-state index in [1.165, 1.54) is 12.1 Å². The highest BCUT2D eigenvalue weighted by atomic mass is 19.4. The lowest BCUT2D eigenvalue weighted by atomic mass is 9.91. The fourth-order valence-electron chi connectivity index (χ4n) is 3.76. The highest BCUT2D eigenvalue weighted by Gasteiger charge is 2.30. The number of likely N-dealkylation sites (tertiary alicyclic amines) is 1. The van der Waals surface area contributed by atoms with Crippen LogP contribution in [0.2, 0.25) is 0 Å². The molecule has 1 aromatic carbocycles. The van der Waals surface area contributed by atoms with Gasteiger partial charge in [0.15, 0.2) is 0 Å². The van der Waals surface area contributed by atoms with Gasteiger partial charge < -0.3 is 4.90 Å². The van der Waals surface area contributed by atoms with Gasteiger partial charge in [-0.2, -0.15) is 13.2 Å². The Morgan fingerprint density at radius 1 is 1.22 bits per heavy atom. The van der Waals surface area contributed by atoms with Crippen LogP contribution in [0.5, 0.6) is 0 Å². The van der Waals surface area contributed by atoms with E-state index in [0.717, 1.165) is 69.3 Å². The fourth-order valence-corrected chi connectivity index (χ4v) is 3.76. The molecule has 1 unspecified atom stereocenters. The van der Waals surface area contributed by atoms with Crippen LogP contribution in [-0.2, 0) is 19.1 Å². The van der Waals surface area contributed by atoms with Crippen molar-refractivity contribution in [2.75, 3.05) is 19.6 Å². The smallest absolute Gasteiger partial charge is 0.303 e. The van der Waals surface area contributed by atoms with Gasteiger partial charge in [-0.25, -0.2) is 4.68 Å². The molecule has 1 aliphatic heterocycles. The summed E-state index contributed by atoms with van der Waals surface area (Å²) < 4.78 is 40.3. The Morgan fingerprint density at radius 2 is 2.07 bits per heavy atom. The van der Waals surface area contributed by atoms with E-state index in [9.17, 15) is 13.2 Å². The molecule has 1 aromatic heterocycles. The standard InChI is InChI=1S/C19H26F3N5/c1-15-23-24-25-27(15)12-4-11-26-10-3-6-17(14-26)9-8-16-5-2-7-18(13-16)19(20,21)22/h2,5,7,13,17H,3-4,6,8-12,14H2,1H3. The molecule has 8 heteroatoms. The third-order valence-electron chi connectivity index (χ3n) is 5.25. The molecular weight excluding hydrogens is 355 g/mol. The largest absolute Gasteiger partial charge is 0.416 e. The van der Waals surface area contributed by atoms with Gasteiger partial charge in [0.05, 0.1) is 5.56 Å². The van der Waals surface area contributed by atoms with E-state index in [0.29, 0.717) is 12.3 Å². The maximum Gasteiger partial charge on any atom is 0.416 e. The van der Waals surface area contributed by atoms with E-state index in [1.807, 2.05) is 11.6 Å². The van der Waals surface area contributed by atoms with Gasteiger partial charge in [0.2, 0.25) is 0 Å². The number of nitrogens with zero attached hydrogens (tertiary/aromatic N) is 5. The first kappa shape index (κ1) is 19.8. The minimum Gasteiger partial charge on any atom is -0.303 e. The zero-order valence-corrected chi connectivity index (χ0v) is 15.6. The van der Waals surface area contributed by atoms with Crippen molar-refractivity contribution >= 4 is 0 Å². The number of rotatable bonds is 7. The lowest BCUT2D eigenvalue weighted by Gasteiger charge is -2.32. The Labute approximate surface area is 157 Å². The fraction of sp³-hybridized carbons (Fsp3) is 0.632. The van der Waals surface area contributed by atoms with E-state index in [2.05, 4.69) is 20.4 Å². The Bertz CT molecular complexity index is 728. The highest BCUT2D eigenvalue weighted by molar-refractivity contribution is 5.25. The monoisotopic (exact) mass is 381 g/mol. The maximum atomic E-state index is 12.8. The van der Waals surface area contributed by atoms with Crippen LogP contribution in [0, 0.1) is 12.8 Å². The zero-order chi connectivity index (χ0) is 19.3. The van der Waals surface area contributed by atoms with Gasteiger partial charge in [-0.05, 0) is 80.1 Å². The number of aromatic nitrogens is 4. The number of alkyl halides is 3. The number of piperidine rings is 1. The predicted molar refractivity (Wildman–Crippen MR) is 96.1 cm³/mol. The molecule has 1 fully saturated rings. The van der Waals surface area contributed by atoms with Crippen molar-refractivity contribution in [3.05, 3.63) is 41.2 Å².